The first-order valence-electron chi connectivity index (χ1n) is 9.65. The van der Waals surface area contributed by atoms with Crippen LogP contribution in [0.3, 0.4) is 0 Å². The third-order valence-corrected chi connectivity index (χ3v) is 4.95. The predicted octanol–water partition coefficient (Wildman–Crippen LogP) is 3.89. The summed E-state index contributed by atoms with van der Waals surface area (Å²) < 4.78 is 46.9. The molecule has 0 amide bonds. The number of guanidine groups is 1. The van der Waals surface area contributed by atoms with Gasteiger partial charge in [-0.2, -0.15) is 13.2 Å². The van der Waals surface area contributed by atoms with Crippen molar-refractivity contribution in [1.82, 2.24) is 10.6 Å². The Morgan fingerprint density at radius 2 is 2.04 bits per heavy atom. The van der Waals surface area contributed by atoms with E-state index in [9.17, 15) is 13.2 Å². The van der Waals surface area contributed by atoms with Gasteiger partial charge in [-0.25, -0.2) is 4.99 Å². The number of methoxy groups -OCH3 is 1. The van der Waals surface area contributed by atoms with Crippen LogP contribution in [-0.4, -0.2) is 45.5 Å². The molecule has 158 valence electrons. The number of hydrogen-bond donors (Lipinski definition) is 2. The van der Waals surface area contributed by atoms with Crippen LogP contribution in [0.1, 0.15) is 38.2 Å². The number of hydrogen-bond acceptors (Lipinski definition) is 3. The number of nitrogens with zero attached hydrogens (tertiary/aromatic N) is 1. The lowest BCUT2D eigenvalue weighted by atomic mass is 9.67. The monoisotopic (exact) mass is 401 g/mol. The normalized spacial score (nSPS) is 16.4. The van der Waals surface area contributed by atoms with Crippen LogP contribution < -0.4 is 15.4 Å². The molecule has 8 heteroatoms. The summed E-state index contributed by atoms with van der Waals surface area (Å²) in [6, 6.07) is 6.59. The molecule has 1 saturated carbocycles. The molecule has 0 aliphatic heterocycles. The van der Waals surface area contributed by atoms with Crippen LogP contribution in [0, 0.1) is 5.41 Å². The molecule has 1 aromatic carbocycles. The minimum absolute atomic E-state index is 0.191. The molecular formula is C20H30F3N3O2. The van der Waals surface area contributed by atoms with Gasteiger partial charge in [0.15, 0.2) is 12.6 Å². The summed E-state index contributed by atoms with van der Waals surface area (Å²) >= 11 is 0. The average Bonchev–Trinajstić information content (AvgIpc) is 2.63. The van der Waals surface area contributed by atoms with Gasteiger partial charge in [0.1, 0.15) is 5.75 Å². The van der Waals surface area contributed by atoms with Gasteiger partial charge in [-0.1, -0.05) is 18.6 Å². The maximum Gasteiger partial charge on any atom is 0.422 e. The van der Waals surface area contributed by atoms with Gasteiger partial charge in [0.25, 0.3) is 0 Å². The van der Waals surface area contributed by atoms with Gasteiger partial charge in [-0.05, 0) is 49.3 Å². The van der Waals surface area contributed by atoms with Crippen LogP contribution >= 0.6 is 0 Å². The molecule has 1 fully saturated rings. The molecule has 2 rings (SSSR count). The summed E-state index contributed by atoms with van der Waals surface area (Å²) in [5, 5.41) is 6.62. The molecule has 28 heavy (non-hydrogen) atoms. The zero-order valence-electron chi connectivity index (χ0n) is 16.6. The summed E-state index contributed by atoms with van der Waals surface area (Å²) in [5.41, 5.74) is 1.05. The van der Waals surface area contributed by atoms with E-state index in [2.05, 4.69) is 15.6 Å². The van der Waals surface area contributed by atoms with Crippen molar-refractivity contribution in [3.63, 3.8) is 0 Å². The minimum atomic E-state index is -4.35. The molecule has 1 aliphatic carbocycles. The topological polar surface area (TPSA) is 54.9 Å². The average molecular weight is 401 g/mol. The highest BCUT2D eigenvalue weighted by Crippen LogP contribution is 2.43. The van der Waals surface area contributed by atoms with E-state index in [1.54, 1.807) is 19.2 Å². The van der Waals surface area contributed by atoms with Crippen LogP contribution in [0.5, 0.6) is 5.75 Å². The number of rotatable bonds is 10. The Morgan fingerprint density at radius 3 is 2.64 bits per heavy atom. The van der Waals surface area contributed by atoms with Gasteiger partial charge in [0.05, 0.1) is 6.54 Å². The Labute approximate surface area is 164 Å². The smallest absolute Gasteiger partial charge is 0.422 e. The zero-order valence-corrected chi connectivity index (χ0v) is 16.6. The summed E-state index contributed by atoms with van der Waals surface area (Å²) in [5.74, 6) is 0.892. The van der Waals surface area contributed by atoms with Crippen molar-refractivity contribution in [3.8, 4) is 5.75 Å². The van der Waals surface area contributed by atoms with Crippen molar-refractivity contribution < 1.29 is 22.6 Å². The number of alkyl halides is 3. The Hall–Kier alpha value is -1.96. The summed E-state index contributed by atoms with van der Waals surface area (Å²) in [6.45, 7) is 3.35. The molecule has 1 aliphatic rings. The van der Waals surface area contributed by atoms with Crippen LogP contribution in [0.25, 0.3) is 0 Å². The minimum Gasteiger partial charge on any atom is -0.484 e. The van der Waals surface area contributed by atoms with Crippen LogP contribution in [0.4, 0.5) is 13.2 Å². The lowest BCUT2D eigenvalue weighted by Gasteiger charge is -2.42. The Kier molecular flexibility index (Phi) is 8.41. The van der Waals surface area contributed by atoms with Gasteiger partial charge < -0.3 is 20.1 Å². The van der Waals surface area contributed by atoms with E-state index in [4.69, 9.17) is 9.47 Å². The highest BCUT2D eigenvalue weighted by atomic mass is 19.4. The molecular weight excluding hydrogens is 371 g/mol. The number of halogens is 3. The molecule has 0 unspecified atom stereocenters. The van der Waals surface area contributed by atoms with Gasteiger partial charge in [0.2, 0.25) is 0 Å². The first-order chi connectivity index (χ1) is 13.4. The predicted molar refractivity (Wildman–Crippen MR) is 104 cm³/mol. The fourth-order valence-corrected chi connectivity index (χ4v) is 3.19. The quantitative estimate of drug-likeness (QED) is 0.461. The molecule has 0 bridgehead atoms. The van der Waals surface area contributed by atoms with Crippen molar-refractivity contribution in [2.45, 2.75) is 45.3 Å². The molecule has 5 nitrogen and oxygen atoms in total. The van der Waals surface area contributed by atoms with E-state index in [-0.39, 0.29) is 11.2 Å². The van der Waals surface area contributed by atoms with Crippen molar-refractivity contribution >= 4 is 5.96 Å². The van der Waals surface area contributed by atoms with E-state index in [0.717, 1.165) is 31.7 Å². The summed E-state index contributed by atoms with van der Waals surface area (Å²) in [7, 11) is 1.72. The third kappa shape index (κ3) is 7.58. The number of aliphatic imine (C=N–C) groups is 1. The second kappa shape index (κ2) is 10.5. The summed E-state index contributed by atoms with van der Waals surface area (Å²) in [6.07, 6.45) is 0.275. The number of benzene rings is 1. The van der Waals surface area contributed by atoms with Crippen LogP contribution in [0.15, 0.2) is 29.3 Å². The summed E-state index contributed by atoms with van der Waals surface area (Å²) in [4.78, 5) is 4.56. The van der Waals surface area contributed by atoms with Gasteiger partial charge >= 0.3 is 6.18 Å². The third-order valence-electron chi connectivity index (χ3n) is 4.95. The highest BCUT2D eigenvalue weighted by molar-refractivity contribution is 5.79. The largest absolute Gasteiger partial charge is 0.484 e. The van der Waals surface area contributed by atoms with Gasteiger partial charge in [-0.3, -0.25) is 0 Å². The fraction of sp³-hybridized carbons (Fsp3) is 0.650. The van der Waals surface area contributed by atoms with Crippen molar-refractivity contribution in [3.05, 3.63) is 29.8 Å². The van der Waals surface area contributed by atoms with E-state index >= 15 is 0 Å². The standard InChI is InChI=1S/C20H30F3N3O2/c1-3-24-18(26-14-19(8-5-9-19)10-11-27-2)25-13-16-6-4-7-17(12-16)28-15-20(21,22)23/h4,6-7,12H,3,5,8-11,13-15H2,1-2H3,(H2,24,25,26). The molecule has 2 N–H and O–H groups in total. The van der Waals surface area contributed by atoms with E-state index in [1.165, 1.54) is 25.3 Å². The lowest BCUT2D eigenvalue weighted by Crippen LogP contribution is -2.46. The highest BCUT2D eigenvalue weighted by Gasteiger charge is 2.36. The Bertz CT molecular complexity index is 631. The molecule has 1 aromatic rings. The maximum absolute atomic E-state index is 12.3. The van der Waals surface area contributed by atoms with Crippen molar-refractivity contribution in [2.75, 3.05) is 33.4 Å². The Morgan fingerprint density at radius 1 is 1.25 bits per heavy atom. The van der Waals surface area contributed by atoms with Gasteiger partial charge in [0, 0.05) is 26.8 Å². The van der Waals surface area contributed by atoms with Crippen LogP contribution in [0.2, 0.25) is 0 Å². The van der Waals surface area contributed by atoms with Gasteiger partial charge in [-0.15, -0.1) is 0 Å². The Balaban J connectivity index is 1.92. The first-order valence-corrected chi connectivity index (χ1v) is 9.65. The molecule has 0 aromatic heterocycles. The first kappa shape index (κ1) is 22.3. The van der Waals surface area contributed by atoms with E-state index in [1.807, 2.05) is 13.0 Å². The SMILES string of the molecule is CCNC(=NCc1cccc(OCC(F)(F)F)c1)NCC1(CCOC)CCC1. The fourth-order valence-electron chi connectivity index (χ4n) is 3.19. The molecule has 0 spiro atoms. The van der Waals surface area contributed by atoms with Crippen LogP contribution in [-0.2, 0) is 11.3 Å². The second-order valence-corrected chi connectivity index (χ2v) is 7.20. The number of ether oxygens (including phenoxy) is 2. The maximum atomic E-state index is 12.3. The van der Waals surface area contributed by atoms with E-state index in [0.29, 0.717) is 12.5 Å². The number of nitrogens with one attached hydrogen (secondary N) is 2. The van der Waals surface area contributed by atoms with Crippen molar-refractivity contribution in [2.24, 2.45) is 10.4 Å². The van der Waals surface area contributed by atoms with E-state index < -0.39 is 12.8 Å². The zero-order chi connectivity index (χ0) is 20.5. The van der Waals surface area contributed by atoms with Crippen molar-refractivity contribution in [1.29, 1.82) is 0 Å². The molecule has 0 atom stereocenters. The molecule has 0 saturated heterocycles. The second-order valence-electron chi connectivity index (χ2n) is 7.20. The molecule has 0 radical (unpaired) electrons. The lowest BCUT2D eigenvalue weighted by molar-refractivity contribution is -0.153. The molecule has 0 heterocycles.